The fourth-order valence-electron chi connectivity index (χ4n) is 6.12. The molecule has 4 aromatic carbocycles. The van der Waals surface area contributed by atoms with E-state index in [9.17, 15) is 18.0 Å². The number of hydrogen-bond donors (Lipinski definition) is 0. The minimum absolute atomic E-state index is 0.147. The maximum absolute atomic E-state index is 13.5. The van der Waals surface area contributed by atoms with Crippen LogP contribution in [0.15, 0.2) is 88.7 Å². The second-order valence-electron chi connectivity index (χ2n) is 12.0. The predicted octanol–water partition coefficient (Wildman–Crippen LogP) is 7.16. The number of carbonyl (C=O) groups is 1. The van der Waals surface area contributed by atoms with Crippen molar-refractivity contribution in [3.63, 3.8) is 0 Å². The molecule has 2 aliphatic rings. The van der Waals surface area contributed by atoms with Crippen molar-refractivity contribution in [3.8, 4) is 5.75 Å². The fraction of sp³-hybridized carbons (Fsp3) is 0.361. The minimum Gasteiger partial charge on any atom is -0.482 e. The van der Waals surface area contributed by atoms with Crippen LogP contribution in [0, 0.1) is 0 Å². The molecule has 0 atom stereocenters. The summed E-state index contributed by atoms with van der Waals surface area (Å²) in [4.78, 5) is 23.0. The first-order valence-electron chi connectivity index (χ1n) is 15.8. The molecule has 0 saturated carbocycles. The second kappa shape index (κ2) is 14.5. The van der Waals surface area contributed by atoms with Crippen molar-refractivity contribution < 1.29 is 27.4 Å². The Labute approximate surface area is 277 Å². The van der Waals surface area contributed by atoms with Crippen molar-refractivity contribution in [2.24, 2.45) is 0 Å². The Kier molecular flexibility index (Phi) is 10.1. The van der Waals surface area contributed by atoms with Crippen molar-refractivity contribution in [3.05, 3.63) is 84.4 Å². The molecule has 0 amide bonds. The first kappa shape index (κ1) is 33.0. The molecule has 0 radical (unpaired) electrons. The molecule has 6 rings (SSSR count). The van der Waals surface area contributed by atoms with Crippen LogP contribution in [-0.4, -0.2) is 88.9 Å². The highest BCUT2D eigenvalue weighted by atomic mass is 32.2. The van der Waals surface area contributed by atoms with E-state index in [2.05, 4.69) is 9.80 Å². The largest absolute Gasteiger partial charge is 0.482 e. The lowest BCUT2D eigenvalue weighted by atomic mass is 10.1. The van der Waals surface area contributed by atoms with Gasteiger partial charge in [-0.25, -0.2) is 4.79 Å². The molecular weight excluding hydrogens is 625 g/mol. The van der Waals surface area contributed by atoms with E-state index in [4.69, 9.17) is 9.47 Å². The summed E-state index contributed by atoms with van der Waals surface area (Å²) in [6.07, 6.45) is -3.57. The molecule has 0 unspecified atom stereocenters. The number of anilines is 3. The molecule has 11 heteroatoms. The highest BCUT2D eigenvalue weighted by Gasteiger charge is 2.33. The number of fused-ring (bicyclic) bond motifs is 3. The summed E-state index contributed by atoms with van der Waals surface area (Å²) in [7, 11) is 3.99. The lowest BCUT2D eigenvalue weighted by Gasteiger charge is -2.36. The number of esters is 1. The molecule has 2 heterocycles. The van der Waals surface area contributed by atoms with Crippen LogP contribution in [0.4, 0.5) is 30.2 Å². The van der Waals surface area contributed by atoms with Crippen molar-refractivity contribution in [2.75, 3.05) is 82.9 Å². The number of rotatable bonds is 11. The molecule has 2 aliphatic heterocycles. The Morgan fingerprint density at radius 3 is 2.34 bits per heavy atom. The number of para-hydroxylation sites is 1. The van der Waals surface area contributed by atoms with Gasteiger partial charge in [-0.3, -0.25) is 4.90 Å². The van der Waals surface area contributed by atoms with Crippen molar-refractivity contribution in [1.82, 2.24) is 9.80 Å². The third-order valence-electron chi connectivity index (χ3n) is 8.61. The molecule has 0 bridgehead atoms. The molecule has 47 heavy (non-hydrogen) atoms. The van der Waals surface area contributed by atoms with Gasteiger partial charge >= 0.3 is 12.1 Å². The first-order chi connectivity index (χ1) is 22.7. The number of nitrogens with zero attached hydrogens (tertiary/aromatic N) is 4. The topological polar surface area (TPSA) is 48.5 Å². The van der Waals surface area contributed by atoms with Gasteiger partial charge in [-0.1, -0.05) is 42.1 Å². The minimum atomic E-state index is -4.39. The highest BCUT2D eigenvalue weighted by molar-refractivity contribution is 7.99. The summed E-state index contributed by atoms with van der Waals surface area (Å²) in [5.74, 6) is 0.227. The Bertz CT molecular complexity index is 1710. The van der Waals surface area contributed by atoms with Gasteiger partial charge in [-0.2, -0.15) is 13.2 Å². The molecule has 0 aliphatic carbocycles. The van der Waals surface area contributed by atoms with Crippen molar-refractivity contribution in [1.29, 1.82) is 0 Å². The normalized spacial score (nSPS) is 15.3. The Hall–Kier alpha value is -3.93. The van der Waals surface area contributed by atoms with Crippen LogP contribution in [0.25, 0.3) is 10.8 Å². The predicted molar refractivity (Wildman–Crippen MR) is 181 cm³/mol. The molecule has 1 saturated heterocycles. The van der Waals surface area contributed by atoms with E-state index in [1.54, 1.807) is 6.07 Å². The summed E-state index contributed by atoms with van der Waals surface area (Å²) >= 11 is 1.51. The zero-order valence-electron chi connectivity index (χ0n) is 26.6. The summed E-state index contributed by atoms with van der Waals surface area (Å²) in [5.41, 5.74) is 2.02. The van der Waals surface area contributed by atoms with E-state index in [0.717, 1.165) is 71.1 Å². The quantitative estimate of drug-likeness (QED) is 0.157. The standard InChI is InChI=1S/C36H39F3N4O3S/c1-40(2)30-9-5-7-26-11-13-28(24-29(26)30)46-25-35(44)45-22-21-42-19-17-41(18-20-42)15-6-16-43-31-8-3-4-10-33(31)47-34-14-12-27(23-32(34)43)36(37,38)39/h3-5,7-14,23-24H,6,15-22,25H2,1-2H3. The molecule has 248 valence electrons. The maximum Gasteiger partial charge on any atom is 0.416 e. The molecular formula is C36H39F3N4O3S. The highest BCUT2D eigenvalue weighted by Crippen LogP contribution is 2.49. The van der Waals surface area contributed by atoms with E-state index in [0.29, 0.717) is 31.1 Å². The van der Waals surface area contributed by atoms with Gasteiger partial charge in [-0.15, -0.1) is 0 Å². The van der Waals surface area contributed by atoms with E-state index in [-0.39, 0.29) is 6.61 Å². The smallest absolute Gasteiger partial charge is 0.416 e. The van der Waals surface area contributed by atoms with Gasteiger partial charge in [-0.05, 0) is 66.9 Å². The van der Waals surface area contributed by atoms with Crippen molar-refractivity contribution >= 4 is 45.6 Å². The maximum atomic E-state index is 13.5. The average Bonchev–Trinajstić information content (AvgIpc) is 3.06. The number of hydrogen-bond acceptors (Lipinski definition) is 8. The number of alkyl halides is 3. The number of carbonyl (C=O) groups excluding carboxylic acids is 1. The summed E-state index contributed by atoms with van der Waals surface area (Å²) in [6, 6.07) is 23.8. The van der Waals surface area contributed by atoms with Gasteiger partial charge in [0, 0.05) is 74.2 Å². The van der Waals surface area contributed by atoms with Crippen LogP contribution in [0.5, 0.6) is 5.75 Å². The van der Waals surface area contributed by atoms with Gasteiger partial charge in [0.05, 0.1) is 16.9 Å². The molecule has 1 fully saturated rings. The van der Waals surface area contributed by atoms with E-state index in [1.165, 1.54) is 23.9 Å². The lowest BCUT2D eigenvalue weighted by Crippen LogP contribution is -2.47. The summed E-state index contributed by atoms with van der Waals surface area (Å²) < 4.78 is 51.8. The number of benzene rings is 4. The number of piperazine rings is 1. The lowest BCUT2D eigenvalue weighted by molar-refractivity contribution is -0.146. The molecule has 0 aromatic heterocycles. The van der Waals surface area contributed by atoms with E-state index < -0.39 is 17.7 Å². The van der Waals surface area contributed by atoms with Crippen LogP contribution < -0.4 is 14.5 Å². The molecule has 0 N–H and O–H groups in total. The summed E-state index contributed by atoms with van der Waals surface area (Å²) in [5, 5.41) is 2.16. The molecule has 4 aromatic rings. The Morgan fingerprint density at radius 1 is 0.830 bits per heavy atom. The van der Waals surface area contributed by atoms with Crippen LogP contribution in [0.1, 0.15) is 12.0 Å². The van der Waals surface area contributed by atoms with Crippen LogP contribution in [0.3, 0.4) is 0 Å². The SMILES string of the molecule is CN(C)c1cccc2ccc(OCC(=O)OCCN3CCN(CCCN4c5ccccc5Sc5ccc(C(F)(F)F)cc54)CC3)cc12. The van der Waals surface area contributed by atoms with Crippen LogP contribution in [-0.2, 0) is 15.7 Å². The first-order valence-corrected chi connectivity index (χ1v) is 16.7. The van der Waals surface area contributed by atoms with Crippen LogP contribution in [0.2, 0.25) is 0 Å². The zero-order chi connectivity index (χ0) is 33.0. The van der Waals surface area contributed by atoms with Crippen molar-refractivity contribution in [2.45, 2.75) is 22.4 Å². The average molecular weight is 665 g/mol. The Balaban J connectivity index is 0.929. The van der Waals surface area contributed by atoms with E-state index in [1.807, 2.05) is 84.6 Å². The van der Waals surface area contributed by atoms with Gasteiger partial charge in [0.15, 0.2) is 6.61 Å². The number of ether oxygens (including phenoxy) is 2. The van der Waals surface area contributed by atoms with Gasteiger partial charge < -0.3 is 24.2 Å². The third kappa shape index (κ3) is 7.97. The second-order valence-corrected chi connectivity index (χ2v) is 13.1. The molecule has 0 spiro atoms. The van der Waals surface area contributed by atoms with Gasteiger partial charge in [0.25, 0.3) is 0 Å². The Morgan fingerprint density at radius 2 is 1.57 bits per heavy atom. The zero-order valence-corrected chi connectivity index (χ0v) is 27.4. The van der Waals surface area contributed by atoms with Gasteiger partial charge in [0.1, 0.15) is 12.4 Å². The van der Waals surface area contributed by atoms with E-state index >= 15 is 0 Å². The van der Waals surface area contributed by atoms with Crippen LogP contribution >= 0.6 is 11.8 Å². The van der Waals surface area contributed by atoms with Gasteiger partial charge in [0.2, 0.25) is 0 Å². The fourth-order valence-corrected chi connectivity index (χ4v) is 7.20. The summed E-state index contributed by atoms with van der Waals surface area (Å²) in [6.45, 7) is 5.78. The third-order valence-corrected chi connectivity index (χ3v) is 9.74. The number of halogens is 3. The molecule has 7 nitrogen and oxygen atoms in total. The monoisotopic (exact) mass is 664 g/mol.